The Morgan fingerprint density at radius 1 is 0.812 bits per heavy atom. The molecule has 4 aromatic rings. The summed E-state index contributed by atoms with van der Waals surface area (Å²) in [6.07, 6.45) is -0.287. The van der Waals surface area contributed by atoms with Crippen molar-refractivity contribution in [3.05, 3.63) is 131 Å². The summed E-state index contributed by atoms with van der Waals surface area (Å²) >= 11 is 0. The van der Waals surface area contributed by atoms with Gasteiger partial charge in [-0.05, 0) is 90.2 Å². The fraction of sp³-hybridized carbons (Fsp3) is 0.306. The van der Waals surface area contributed by atoms with Crippen LogP contribution in [0.5, 0.6) is 0 Å². The molecular weight excluding hydrogens is 641 g/mol. The highest BCUT2D eigenvalue weighted by Gasteiger charge is 2.29. The second-order valence-electron chi connectivity index (χ2n) is 11.8. The average Bonchev–Trinajstić information content (AvgIpc) is 3.08. The lowest BCUT2D eigenvalue weighted by Crippen LogP contribution is -2.49. The maximum atomic E-state index is 14.0. The number of halogens is 3. The van der Waals surface area contributed by atoms with Gasteiger partial charge in [-0.2, -0.15) is 4.31 Å². The summed E-state index contributed by atoms with van der Waals surface area (Å²) in [7, 11) is -3.84. The van der Waals surface area contributed by atoms with Crippen LogP contribution in [0.3, 0.4) is 0 Å². The van der Waals surface area contributed by atoms with E-state index in [-0.39, 0.29) is 47.9 Å². The molecule has 1 heterocycles. The highest BCUT2D eigenvalue weighted by atomic mass is 32.2. The van der Waals surface area contributed by atoms with Crippen LogP contribution in [0.25, 0.3) is 0 Å². The van der Waals surface area contributed by atoms with Crippen molar-refractivity contribution in [2.45, 2.75) is 43.4 Å². The molecule has 0 unspecified atom stereocenters. The monoisotopic (exact) mass is 680 g/mol. The first kappa shape index (κ1) is 35.1. The summed E-state index contributed by atoms with van der Waals surface area (Å²) in [5.41, 5.74) is 3.43. The van der Waals surface area contributed by atoms with Gasteiger partial charge in [0.25, 0.3) is 5.91 Å². The Labute approximate surface area is 279 Å². The fourth-order valence-electron chi connectivity index (χ4n) is 5.75. The van der Waals surface area contributed by atoms with Crippen LogP contribution in [0.1, 0.15) is 34.0 Å². The van der Waals surface area contributed by atoms with Crippen molar-refractivity contribution in [3.63, 3.8) is 0 Å². The number of anilines is 1. The zero-order valence-corrected chi connectivity index (χ0v) is 27.4. The number of piperazine rings is 1. The largest absolute Gasteiger partial charge is 0.390 e. The topological polar surface area (TPSA) is 102 Å². The Kier molecular flexibility index (Phi) is 11.5. The molecule has 1 fully saturated rings. The third-order valence-electron chi connectivity index (χ3n) is 8.43. The molecule has 48 heavy (non-hydrogen) atoms. The van der Waals surface area contributed by atoms with Crippen LogP contribution in [-0.2, 0) is 29.4 Å². The normalized spacial score (nSPS) is 15.2. The number of nitrogens with zero attached hydrogens (tertiary/aromatic N) is 2. The number of carbonyl (C=O) groups excluding carboxylic acids is 1. The maximum absolute atomic E-state index is 14.0. The van der Waals surface area contributed by atoms with Gasteiger partial charge in [-0.3, -0.25) is 4.79 Å². The van der Waals surface area contributed by atoms with E-state index in [1.54, 1.807) is 12.1 Å². The summed E-state index contributed by atoms with van der Waals surface area (Å²) in [6, 6.07) is 21.7. The first-order valence-electron chi connectivity index (χ1n) is 15.8. The number of hydrogen-bond donors (Lipinski definition) is 3. The van der Waals surface area contributed by atoms with E-state index in [9.17, 15) is 31.5 Å². The van der Waals surface area contributed by atoms with E-state index >= 15 is 0 Å². The molecule has 1 aliphatic heterocycles. The van der Waals surface area contributed by atoms with Crippen LogP contribution >= 0.6 is 0 Å². The van der Waals surface area contributed by atoms with Gasteiger partial charge in [-0.15, -0.1) is 0 Å². The predicted molar refractivity (Wildman–Crippen MR) is 179 cm³/mol. The second kappa shape index (κ2) is 15.8. The first-order valence-corrected chi connectivity index (χ1v) is 17.3. The number of aliphatic hydroxyl groups excluding tert-OH is 1. The van der Waals surface area contributed by atoms with E-state index in [0.717, 1.165) is 35.9 Å². The van der Waals surface area contributed by atoms with Gasteiger partial charge in [-0.1, -0.05) is 31.2 Å². The van der Waals surface area contributed by atoms with E-state index < -0.39 is 39.7 Å². The summed E-state index contributed by atoms with van der Waals surface area (Å²) in [6.45, 7) is 3.96. The third kappa shape index (κ3) is 9.01. The molecule has 0 saturated carbocycles. The van der Waals surface area contributed by atoms with Crippen LogP contribution < -0.4 is 15.5 Å². The molecule has 4 aromatic carbocycles. The highest BCUT2D eigenvalue weighted by molar-refractivity contribution is 7.89. The summed E-state index contributed by atoms with van der Waals surface area (Å²) in [5, 5.41) is 17.1. The van der Waals surface area contributed by atoms with Crippen LogP contribution in [0, 0.1) is 17.5 Å². The lowest BCUT2D eigenvalue weighted by atomic mass is 10.00. The lowest BCUT2D eigenvalue weighted by Gasteiger charge is -2.35. The molecule has 5 rings (SSSR count). The number of nitrogens with one attached hydrogen (secondary N) is 2. The molecule has 2 atom stereocenters. The molecule has 8 nitrogen and oxygen atoms in total. The minimum atomic E-state index is -3.84. The van der Waals surface area contributed by atoms with Crippen LogP contribution in [0.15, 0.2) is 95.9 Å². The van der Waals surface area contributed by atoms with Crippen molar-refractivity contribution in [3.8, 4) is 0 Å². The number of sulfonamides is 1. The number of amides is 1. The van der Waals surface area contributed by atoms with E-state index in [1.807, 2.05) is 23.1 Å². The van der Waals surface area contributed by atoms with E-state index in [2.05, 4.69) is 23.6 Å². The Balaban J connectivity index is 1.23. The second-order valence-corrected chi connectivity index (χ2v) is 13.8. The van der Waals surface area contributed by atoms with Gasteiger partial charge in [0, 0.05) is 56.6 Å². The summed E-state index contributed by atoms with van der Waals surface area (Å²) < 4.78 is 69.4. The van der Waals surface area contributed by atoms with Crippen LogP contribution in [-0.4, -0.2) is 68.6 Å². The third-order valence-corrected chi connectivity index (χ3v) is 10.3. The molecule has 1 aliphatic rings. The van der Waals surface area contributed by atoms with Gasteiger partial charge >= 0.3 is 0 Å². The molecule has 0 aliphatic carbocycles. The Morgan fingerprint density at radius 3 is 2.10 bits per heavy atom. The Morgan fingerprint density at radius 2 is 1.46 bits per heavy atom. The highest BCUT2D eigenvalue weighted by Crippen LogP contribution is 2.22. The minimum Gasteiger partial charge on any atom is -0.390 e. The lowest BCUT2D eigenvalue weighted by molar-refractivity contribution is 0.0829. The zero-order chi connectivity index (χ0) is 34.3. The van der Waals surface area contributed by atoms with Crippen molar-refractivity contribution in [1.82, 2.24) is 14.9 Å². The number of hydrogen-bond acceptors (Lipinski definition) is 6. The van der Waals surface area contributed by atoms with Crippen molar-refractivity contribution >= 4 is 21.6 Å². The molecule has 0 bridgehead atoms. The Bertz CT molecular complexity index is 1780. The molecule has 254 valence electrons. The molecule has 12 heteroatoms. The maximum Gasteiger partial charge on any atom is 0.251 e. The smallest absolute Gasteiger partial charge is 0.251 e. The molecule has 1 amide bonds. The van der Waals surface area contributed by atoms with Gasteiger partial charge in [0.2, 0.25) is 10.0 Å². The number of aryl methyl sites for hydroxylation is 1. The average molecular weight is 681 g/mol. The molecular formula is C36H39F3N4O4S. The molecule has 0 spiro atoms. The number of benzene rings is 4. The standard InChI is InChI=1S/C36H39F3N4O4S/c1-2-25-4-3-5-26(18-25)23-40-24-35(44)34(21-27-19-30(38)22-31(39)20-27)41-36(45)28-6-12-33(13-7-28)48(46,47)43-16-14-42(15-17-43)32-10-8-29(37)9-11-32/h3-13,18-20,22,34-35,40,44H,2,14-17,21,23-24H2,1H3,(H,41,45)/t34-,35-/m0/s1. The predicted octanol–water partition coefficient (Wildman–Crippen LogP) is 4.67. The Hall–Kier alpha value is -4.23. The molecule has 3 N–H and O–H groups in total. The van der Waals surface area contributed by atoms with Crippen LogP contribution in [0.2, 0.25) is 0 Å². The first-order chi connectivity index (χ1) is 23.0. The van der Waals surface area contributed by atoms with Crippen molar-refractivity contribution in [2.75, 3.05) is 37.6 Å². The van der Waals surface area contributed by atoms with Crippen molar-refractivity contribution < 1.29 is 31.5 Å². The number of aliphatic hydroxyl groups is 1. The van der Waals surface area contributed by atoms with Gasteiger partial charge in [0.1, 0.15) is 17.5 Å². The van der Waals surface area contributed by atoms with E-state index in [1.165, 1.54) is 46.3 Å². The van der Waals surface area contributed by atoms with Crippen molar-refractivity contribution in [1.29, 1.82) is 0 Å². The zero-order valence-electron chi connectivity index (χ0n) is 26.6. The van der Waals surface area contributed by atoms with Gasteiger partial charge in [-0.25, -0.2) is 21.6 Å². The van der Waals surface area contributed by atoms with E-state index in [4.69, 9.17) is 0 Å². The van der Waals surface area contributed by atoms with Gasteiger partial charge in [0.05, 0.1) is 17.0 Å². The summed E-state index contributed by atoms with van der Waals surface area (Å²) in [5.74, 6) is -2.46. The van der Waals surface area contributed by atoms with Crippen molar-refractivity contribution in [2.24, 2.45) is 0 Å². The SMILES string of the molecule is CCc1cccc(CNC[C@H](O)[C@H](Cc2cc(F)cc(F)c2)NC(=O)c2ccc(S(=O)(=O)N3CCN(c4ccc(F)cc4)CC3)cc2)c1. The number of carbonyl (C=O) groups is 1. The minimum absolute atomic E-state index is 0.0254. The summed E-state index contributed by atoms with van der Waals surface area (Å²) in [4.78, 5) is 15.3. The quantitative estimate of drug-likeness (QED) is 0.190. The molecule has 1 saturated heterocycles. The van der Waals surface area contributed by atoms with Gasteiger partial charge < -0.3 is 20.6 Å². The van der Waals surface area contributed by atoms with Crippen LogP contribution in [0.4, 0.5) is 18.9 Å². The van der Waals surface area contributed by atoms with E-state index in [0.29, 0.717) is 19.6 Å². The van der Waals surface area contributed by atoms with Gasteiger partial charge in [0.15, 0.2) is 0 Å². The number of rotatable bonds is 13. The fourth-order valence-corrected chi connectivity index (χ4v) is 7.17. The molecule has 0 radical (unpaired) electrons. The molecule has 0 aromatic heterocycles.